The zero-order valence-electron chi connectivity index (χ0n) is 11.0. The van der Waals surface area contributed by atoms with Crippen molar-refractivity contribution in [1.82, 2.24) is 10.6 Å². The monoisotopic (exact) mass is 255 g/mol. The highest BCUT2D eigenvalue weighted by Crippen LogP contribution is 2.26. The molecule has 0 bridgehead atoms. The average molecular weight is 255 g/mol. The van der Waals surface area contributed by atoms with Crippen molar-refractivity contribution in [2.75, 3.05) is 0 Å². The number of hydrogen-bond donors (Lipinski definition) is 3. The first-order valence-corrected chi connectivity index (χ1v) is 7.03. The van der Waals surface area contributed by atoms with E-state index in [1.807, 2.05) is 12.3 Å². The van der Waals surface area contributed by atoms with Crippen molar-refractivity contribution in [3.63, 3.8) is 0 Å². The van der Waals surface area contributed by atoms with Gasteiger partial charge in [0.05, 0.1) is 12.2 Å². The Balaban J connectivity index is 1.81. The Morgan fingerprint density at radius 2 is 2.16 bits per heavy atom. The van der Waals surface area contributed by atoms with Gasteiger partial charge in [0.15, 0.2) is 0 Å². The van der Waals surface area contributed by atoms with Crippen molar-refractivity contribution in [2.24, 2.45) is 11.7 Å². The Morgan fingerprint density at radius 3 is 2.89 bits per heavy atom. The Labute approximate surface area is 114 Å². The van der Waals surface area contributed by atoms with Crippen molar-refractivity contribution >= 4 is 0 Å². The summed E-state index contributed by atoms with van der Waals surface area (Å²) in [4.78, 5) is 0. The van der Waals surface area contributed by atoms with Crippen LogP contribution in [0.15, 0.2) is 60.0 Å². The molecular formula is C16H21N3. The van der Waals surface area contributed by atoms with Gasteiger partial charge in [-0.15, -0.1) is 0 Å². The van der Waals surface area contributed by atoms with E-state index in [-0.39, 0.29) is 6.17 Å². The molecule has 3 aliphatic rings. The highest BCUT2D eigenvalue weighted by molar-refractivity contribution is 5.42. The maximum Gasteiger partial charge on any atom is 0.0749 e. The fourth-order valence-electron chi connectivity index (χ4n) is 2.85. The van der Waals surface area contributed by atoms with Crippen molar-refractivity contribution in [3.05, 3.63) is 60.0 Å². The van der Waals surface area contributed by atoms with Crippen LogP contribution in [0.1, 0.15) is 19.3 Å². The Hall–Kier alpha value is -1.74. The third kappa shape index (κ3) is 2.82. The van der Waals surface area contributed by atoms with Crippen LogP contribution in [0.5, 0.6) is 0 Å². The lowest BCUT2D eigenvalue weighted by atomic mass is 9.88. The van der Waals surface area contributed by atoms with Gasteiger partial charge >= 0.3 is 0 Å². The fourth-order valence-corrected chi connectivity index (χ4v) is 2.85. The van der Waals surface area contributed by atoms with Gasteiger partial charge in [-0.3, -0.25) is 0 Å². The van der Waals surface area contributed by atoms with E-state index < -0.39 is 0 Å². The maximum absolute atomic E-state index is 6.16. The lowest BCUT2D eigenvalue weighted by Gasteiger charge is -2.33. The molecule has 0 spiro atoms. The van der Waals surface area contributed by atoms with Gasteiger partial charge in [0.1, 0.15) is 0 Å². The molecule has 0 saturated heterocycles. The highest BCUT2D eigenvalue weighted by atomic mass is 15.0. The first-order chi connectivity index (χ1) is 9.33. The second kappa shape index (κ2) is 5.49. The van der Waals surface area contributed by atoms with Crippen LogP contribution in [-0.4, -0.2) is 12.2 Å². The molecule has 0 amide bonds. The van der Waals surface area contributed by atoms with Crippen LogP contribution in [0.25, 0.3) is 0 Å². The molecule has 19 heavy (non-hydrogen) atoms. The van der Waals surface area contributed by atoms with Crippen LogP contribution in [0, 0.1) is 5.92 Å². The number of allylic oxidation sites excluding steroid dienone is 5. The number of hydrogen-bond acceptors (Lipinski definition) is 3. The molecule has 3 nitrogen and oxygen atoms in total. The molecule has 0 fully saturated rings. The molecule has 0 aromatic carbocycles. The van der Waals surface area contributed by atoms with Gasteiger partial charge in [0, 0.05) is 11.6 Å². The van der Waals surface area contributed by atoms with Crippen LogP contribution in [0.4, 0.5) is 0 Å². The third-order valence-electron chi connectivity index (χ3n) is 3.83. The molecule has 2 aliphatic heterocycles. The molecule has 3 unspecified atom stereocenters. The molecule has 0 radical (unpaired) electrons. The number of nitrogens with two attached hydrogens (primary N) is 1. The molecule has 4 N–H and O–H groups in total. The van der Waals surface area contributed by atoms with E-state index in [1.165, 1.54) is 11.3 Å². The predicted molar refractivity (Wildman–Crippen MR) is 79.0 cm³/mol. The van der Waals surface area contributed by atoms with Gasteiger partial charge in [0.25, 0.3) is 0 Å². The molecular weight excluding hydrogens is 234 g/mol. The molecule has 2 heterocycles. The summed E-state index contributed by atoms with van der Waals surface area (Å²) in [6.07, 6.45) is 20.6. The summed E-state index contributed by atoms with van der Waals surface area (Å²) in [5.41, 5.74) is 8.62. The Bertz CT molecular complexity index is 482. The quantitative estimate of drug-likeness (QED) is 0.708. The topological polar surface area (TPSA) is 50.1 Å². The molecule has 1 aliphatic carbocycles. The minimum absolute atomic E-state index is 0.0299. The SMILES string of the molecule is NC1CC(C2C=CC=CN2)C=C(C2=CCCC=C2)N1. The van der Waals surface area contributed by atoms with Gasteiger partial charge in [-0.05, 0) is 37.1 Å². The van der Waals surface area contributed by atoms with Crippen molar-refractivity contribution in [1.29, 1.82) is 0 Å². The van der Waals surface area contributed by atoms with Crippen molar-refractivity contribution < 1.29 is 0 Å². The fraction of sp³-hybridized carbons (Fsp3) is 0.375. The number of dihydropyridines is 1. The van der Waals surface area contributed by atoms with Crippen LogP contribution >= 0.6 is 0 Å². The first-order valence-electron chi connectivity index (χ1n) is 7.03. The van der Waals surface area contributed by atoms with Gasteiger partial charge in [-0.2, -0.15) is 0 Å². The van der Waals surface area contributed by atoms with Gasteiger partial charge < -0.3 is 16.4 Å². The number of nitrogens with one attached hydrogen (secondary N) is 2. The molecule has 3 heteroatoms. The molecule has 0 saturated carbocycles. The summed E-state index contributed by atoms with van der Waals surface area (Å²) >= 11 is 0. The Kier molecular flexibility index (Phi) is 3.56. The second-order valence-corrected chi connectivity index (χ2v) is 5.31. The van der Waals surface area contributed by atoms with Crippen molar-refractivity contribution in [3.8, 4) is 0 Å². The summed E-state index contributed by atoms with van der Waals surface area (Å²) in [6, 6.07) is 0.348. The van der Waals surface area contributed by atoms with Crippen molar-refractivity contribution in [2.45, 2.75) is 31.5 Å². The molecule has 0 aromatic rings. The largest absolute Gasteiger partial charge is 0.384 e. The normalized spacial score (nSPS) is 33.2. The summed E-state index contributed by atoms with van der Waals surface area (Å²) in [5, 5.41) is 6.80. The molecule has 3 atom stereocenters. The van der Waals surface area contributed by atoms with E-state index in [2.05, 4.69) is 47.1 Å². The summed E-state index contributed by atoms with van der Waals surface area (Å²) in [6.45, 7) is 0. The molecule has 3 rings (SSSR count). The summed E-state index contributed by atoms with van der Waals surface area (Å²) in [5.74, 6) is 0.434. The zero-order chi connectivity index (χ0) is 13.1. The smallest absolute Gasteiger partial charge is 0.0749 e. The molecule has 100 valence electrons. The summed E-state index contributed by atoms with van der Waals surface area (Å²) in [7, 11) is 0. The lowest BCUT2D eigenvalue weighted by molar-refractivity contribution is 0.389. The Morgan fingerprint density at radius 1 is 1.21 bits per heavy atom. The van der Waals surface area contributed by atoms with Crippen LogP contribution in [-0.2, 0) is 0 Å². The third-order valence-corrected chi connectivity index (χ3v) is 3.83. The van der Waals surface area contributed by atoms with Crippen LogP contribution in [0.3, 0.4) is 0 Å². The van der Waals surface area contributed by atoms with Gasteiger partial charge in [-0.1, -0.05) is 36.5 Å². The van der Waals surface area contributed by atoms with E-state index in [1.54, 1.807) is 0 Å². The minimum Gasteiger partial charge on any atom is -0.384 e. The second-order valence-electron chi connectivity index (χ2n) is 5.31. The predicted octanol–water partition coefficient (Wildman–Crippen LogP) is 2.08. The first kappa shape index (κ1) is 12.3. The van der Waals surface area contributed by atoms with E-state index in [9.17, 15) is 0 Å². The van der Waals surface area contributed by atoms with Gasteiger partial charge in [0.2, 0.25) is 0 Å². The van der Waals surface area contributed by atoms with E-state index in [0.717, 1.165) is 19.3 Å². The van der Waals surface area contributed by atoms with Gasteiger partial charge in [-0.25, -0.2) is 0 Å². The maximum atomic E-state index is 6.16. The summed E-state index contributed by atoms with van der Waals surface area (Å²) < 4.78 is 0. The minimum atomic E-state index is 0.0299. The van der Waals surface area contributed by atoms with E-state index in [0.29, 0.717) is 12.0 Å². The van der Waals surface area contributed by atoms with E-state index in [4.69, 9.17) is 5.73 Å². The van der Waals surface area contributed by atoms with E-state index >= 15 is 0 Å². The number of rotatable bonds is 2. The molecule has 0 aromatic heterocycles. The highest BCUT2D eigenvalue weighted by Gasteiger charge is 2.25. The standard InChI is InChI=1S/C16H21N3/c17-16-11-13(14-8-4-5-9-18-14)10-15(19-16)12-6-2-1-3-7-12/h2,4-10,13-14,16,18-19H,1,3,11,17H2. The van der Waals surface area contributed by atoms with Crippen LogP contribution < -0.4 is 16.4 Å². The zero-order valence-corrected chi connectivity index (χ0v) is 11.0. The lowest BCUT2D eigenvalue weighted by Crippen LogP contribution is -2.46. The average Bonchev–Trinajstić information content (AvgIpc) is 2.48. The van der Waals surface area contributed by atoms with Crippen LogP contribution in [0.2, 0.25) is 0 Å².